The van der Waals surface area contributed by atoms with E-state index in [1.165, 1.54) is 0 Å². The molecular weight excluding hydrogens is 257 g/mol. The van der Waals surface area contributed by atoms with Gasteiger partial charge in [0.25, 0.3) is 11.6 Å². The average molecular weight is 265 g/mol. The van der Waals surface area contributed by atoms with Gasteiger partial charge >= 0.3 is 0 Å². The molecule has 0 aliphatic rings. The van der Waals surface area contributed by atoms with Gasteiger partial charge in [-0.2, -0.15) is 0 Å². The minimum absolute atomic E-state index is 0.0425. The number of hydrogen-bond acceptors (Lipinski definition) is 5. The van der Waals surface area contributed by atoms with Gasteiger partial charge in [-0.1, -0.05) is 0 Å². The maximum atomic E-state index is 13.2. The molecule has 0 aliphatic carbocycles. The molecule has 9 heteroatoms. The fourth-order valence-corrected chi connectivity index (χ4v) is 1.38. The first-order valence-electron chi connectivity index (χ1n) is 5.11. The Labute approximate surface area is 105 Å². The van der Waals surface area contributed by atoms with E-state index in [9.17, 15) is 19.3 Å². The summed E-state index contributed by atoms with van der Waals surface area (Å²) in [6, 6.07) is 2.76. The maximum absolute atomic E-state index is 13.2. The lowest BCUT2D eigenvalue weighted by molar-refractivity contribution is -0.385. The predicted molar refractivity (Wildman–Crippen MR) is 62.1 cm³/mol. The number of aromatic nitrogens is 3. The van der Waals surface area contributed by atoms with E-state index in [1.54, 1.807) is 6.92 Å². The van der Waals surface area contributed by atoms with Crippen LogP contribution in [0.3, 0.4) is 0 Å². The molecule has 1 heterocycles. The van der Waals surface area contributed by atoms with Gasteiger partial charge in [0.05, 0.1) is 16.7 Å². The largest absolute Gasteiger partial charge is 0.319 e. The third kappa shape index (κ3) is 2.89. The number of anilines is 1. The predicted octanol–water partition coefficient (Wildman–Crippen LogP) is 1.41. The fourth-order valence-electron chi connectivity index (χ4n) is 1.38. The van der Waals surface area contributed by atoms with Crippen LogP contribution in [0.15, 0.2) is 18.2 Å². The number of nitro groups is 1. The summed E-state index contributed by atoms with van der Waals surface area (Å²) < 4.78 is 13.2. The molecule has 0 atom stereocenters. The second-order valence-electron chi connectivity index (χ2n) is 3.65. The van der Waals surface area contributed by atoms with Crippen molar-refractivity contribution < 1.29 is 14.1 Å². The Kier molecular flexibility index (Phi) is 3.19. The Bertz CT molecular complexity index is 654. The number of nitrogens with one attached hydrogen (secondary N) is 2. The molecule has 2 N–H and O–H groups in total. The zero-order valence-electron chi connectivity index (χ0n) is 9.68. The maximum Gasteiger partial charge on any atom is 0.295 e. The van der Waals surface area contributed by atoms with E-state index in [1.807, 2.05) is 0 Å². The van der Waals surface area contributed by atoms with Crippen LogP contribution in [-0.2, 0) is 0 Å². The molecule has 1 aromatic heterocycles. The van der Waals surface area contributed by atoms with E-state index in [-0.39, 0.29) is 11.5 Å². The Morgan fingerprint density at radius 1 is 1.47 bits per heavy atom. The topological polar surface area (TPSA) is 114 Å². The molecule has 2 aromatic rings. The van der Waals surface area contributed by atoms with E-state index < -0.39 is 22.3 Å². The van der Waals surface area contributed by atoms with E-state index in [4.69, 9.17) is 0 Å². The van der Waals surface area contributed by atoms with Crippen LogP contribution in [0.5, 0.6) is 0 Å². The number of non-ortho nitro benzene ring substituents is 1. The van der Waals surface area contributed by atoms with E-state index >= 15 is 0 Å². The summed E-state index contributed by atoms with van der Waals surface area (Å²) in [7, 11) is 0. The SMILES string of the molecule is Cc1nc(C(=O)Nc2cc(F)cc([N+](=O)[O-])c2)n[nH]1. The van der Waals surface area contributed by atoms with Crippen molar-refractivity contribution in [2.24, 2.45) is 0 Å². The summed E-state index contributed by atoms with van der Waals surface area (Å²) in [6.07, 6.45) is 0. The molecule has 0 radical (unpaired) electrons. The summed E-state index contributed by atoms with van der Waals surface area (Å²) in [5, 5.41) is 18.9. The van der Waals surface area contributed by atoms with Gasteiger partial charge in [0.2, 0.25) is 5.82 Å². The summed E-state index contributed by atoms with van der Waals surface area (Å²) in [4.78, 5) is 25.3. The third-order valence-corrected chi connectivity index (χ3v) is 2.15. The van der Waals surface area contributed by atoms with Crippen molar-refractivity contribution in [1.82, 2.24) is 15.2 Å². The molecule has 0 saturated carbocycles. The average Bonchev–Trinajstić information content (AvgIpc) is 2.75. The lowest BCUT2D eigenvalue weighted by Gasteiger charge is -2.02. The summed E-state index contributed by atoms with van der Waals surface area (Å²) in [5.41, 5.74) is -0.499. The number of carbonyl (C=O) groups is 1. The summed E-state index contributed by atoms with van der Waals surface area (Å²) >= 11 is 0. The standard InChI is InChI=1S/C10H8FN5O3/c1-5-12-9(15-14-5)10(17)13-7-2-6(11)3-8(4-7)16(18)19/h2-4H,1H3,(H,13,17)(H,12,14,15). The minimum Gasteiger partial charge on any atom is -0.319 e. The molecule has 0 saturated heterocycles. The molecule has 0 unspecified atom stereocenters. The highest BCUT2D eigenvalue weighted by molar-refractivity contribution is 6.01. The zero-order valence-corrected chi connectivity index (χ0v) is 9.68. The number of carbonyl (C=O) groups excluding carboxylic acids is 1. The van der Waals surface area contributed by atoms with Crippen molar-refractivity contribution in [3.63, 3.8) is 0 Å². The smallest absolute Gasteiger partial charge is 0.295 e. The lowest BCUT2D eigenvalue weighted by Crippen LogP contribution is -2.14. The molecule has 1 aromatic carbocycles. The van der Waals surface area contributed by atoms with Crippen molar-refractivity contribution in [1.29, 1.82) is 0 Å². The van der Waals surface area contributed by atoms with Crippen LogP contribution < -0.4 is 5.32 Å². The van der Waals surface area contributed by atoms with Crippen LogP contribution in [-0.4, -0.2) is 26.0 Å². The van der Waals surface area contributed by atoms with Crippen molar-refractivity contribution in [3.05, 3.63) is 45.8 Å². The Morgan fingerprint density at radius 2 is 2.21 bits per heavy atom. The van der Waals surface area contributed by atoms with Crippen molar-refractivity contribution in [2.45, 2.75) is 6.92 Å². The molecule has 0 bridgehead atoms. The van der Waals surface area contributed by atoms with Gasteiger partial charge in [-0.05, 0) is 13.0 Å². The molecule has 0 spiro atoms. The van der Waals surface area contributed by atoms with Gasteiger partial charge in [-0.25, -0.2) is 9.37 Å². The first-order chi connectivity index (χ1) is 8.95. The Hall–Kier alpha value is -2.84. The van der Waals surface area contributed by atoms with Crippen LogP contribution in [0.2, 0.25) is 0 Å². The first-order valence-corrected chi connectivity index (χ1v) is 5.11. The number of benzene rings is 1. The number of halogens is 1. The minimum atomic E-state index is -0.823. The molecule has 0 aliphatic heterocycles. The molecule has 0 fully saturated rings. The summed E-state index contributed by atoms with van der Waals surface area (Å²) in [5.74, 6) is -1.21. The molecule has 8 nitrogen and oxygen atoms in total. The van der Waals surface area contributed by atoms with Gasteiger partial charge in [0.1, 0.15) is 11.6 Å². The Morgan fingerprint density at radius 3 is 2.79 bits per heavy atom. The number of amides is 1. The number of aromatic amines is 1. The van der Waals surface area contributed by atoms with Crippen LogP contribution in [0.25, 0.3) is 0 Å². The number of hydrogen-bond donors (Lipinski definition) is 2. The van der Waals surface area contributed by atoms with E-state index in [0.29, 0.717) is 5.82 Å². The van der Waals surface area contributed by atoms with Crippen LogP contribution in [0.1, 0.15) is 16.4 Å². The third-order valence-electron chi connectivity index (χ3n) is 2.15. The number of rotatable bonds is 3. The quantitative estimate of drug-likeness (QED) is 0.643. The van der Waals surface area contributed by atoms with Crippen molar-refractivity contribution in [2.75, 3.05) is 5.32 Å². The second kappa shape index (κ2) is 4.80. The van der Waals surface area contributed by atoms with Gasteiger partial charge < -0.3 is 5.32 Å². The molecule has 2 rings (SSSR count). The molecule has 19 heavy (non-hydrogen) atoms. The van der Waals surface area contributed by atoms with E-state index in [2.05, 4.69) is 20.5 Å². The van der Waals surface area contributed by atoms with E-state index in [0.717, 1.165) is 18.2 Å². The normalized spacial score (nSPS) is 10.2. The Balaban J connectivity index is 2.23. The second-order valence-corrected chi connectivity index (χ2v) is 3.65. The van der Waals surface area contributed by atoms with Gasteiger partial charge in [0, 0.05) is 6.07 Å². The van der Waals surface area contributed by atoms with Crippen LogP contribution in [0, 0.1) is 22.9 Å². The molecule has 98 valence electrons. The highest BCUT2D eigenvalue weighted by Crippen LogP contribution is 2.20. The van der Waals surface area contributed by atoms with Crippen LogP contribution >= 0.6 is 0 Å². The van der Waals surface area contributed by atoms with Gasteiger partial charge in [-0.15, -0.1) is 5.10 Å². The van der Waals surface area contributed by atoms with Crippen molar-refractivity contribution in [3.8, 4) is 0 Å². The van der Waals surface area contributed by atoms with Crippen molar-refractivity contribution >= 4 is 17.3 Å². The first kappa shape index (κ1) is 12.6. The molecule has 1 amide bonds. The highest BCUT2D eigenvalue weighted by Gasteiger charge is 2.15. The molecular formula is C10H8FN5O3. The zero-order chi connectivity index (χ0) is 14.0. The van der Waals surface area contributed by atoms with Gasteiger partial charge in [-0.3, -0.25) is 20.0 Å². The number of aryl methyl sites for hydroxylation is 1. The number of nitrogens with zero attached hydrogens (tertiary/aromatic N) is 3. The number of nitro benzene ring substituents is 1. The number of H-pyrrole nitrogens is 1. The highest BCUT2D eigenvalue weighted by atomic mass is 19.1. The lowest BCUT2D eigenvalue weighted by atomic mass is 10.2. The summed E-state index contributed by atoms with van der Waals surface area (Å²) in [6.45, 7) is 1.61. The fraction of sp³-hybridized carbons (Fsp3) is 0.100. The van der Waals surface area contributed by atoms with Gasteiger partial charge in [0.15, 0.2) is 0 Å². The monoisotopic (exact) mass is 265 g/mol. The van der Waals surface area contributed by atoms with Crippen LogP contribution in [0.4, 0.5) is 15.8 Å².